The molecule has 1 aliphatic heterocycles. The number of benzene rings is 2. The van der Waals surface area contributed by atoms with Gasteiger partial charge in [0.1, 0.15) is 12.3 Å². The Morgan fingerprint density at radius 1 is 1.19 bits per heavy atom. The first kappa shape index (κ1) is 22.0. The second-order valence-electron chi connectivity index (χ2n) is 7.67. The molecule has 0 unspecified atom stereocenters. The largest absolute Gasteiger partial charge is 0.482 e. The standard InChI is InChI=1S/C25H26N2O4S/c1-2-3-7-12-30-25(29)15-27-21-14-19(10-11-22(21)31-16-24(27)28)20-17-32-23(26-20)13-18-8-5-4-6-9-18/h4-6,8-11,14,17H,2-3,7,12-13,15-16H2,1H3. The highest BCUT2D eigenvalue weighted by atomic mass is 32.1. The SMILES string of the molecule is CCCCCOC(=O)CN1C(=O)COc2ccc(-c3csc(Cc4ccccc4)n3)cc21. The second-order valence-corrected chi connectivity index (χ2v) is 8.61. The van der Waals surface area contributed by atoms with E-state index in [0.717, 1.165) is 41.9 Å². The van der Waals surface area contributed by atoms with Crippen LogP contribution in [-0.2, 0) is 20.7 Å². The zero-order chi connectivity index (χ0) is 22.3. The number of amides is 1. The fourth-order valence-electron chi connectivity index (χ4n) is 3.54. The van der Waals surface area contributed by atoms with E-state index in [1.54, 1.807) is 11.3 Å². The molecule has 166 valence electrons. The normalized spacial score (nSPS) is 12.9. The van der Waals surface area contributed by atoms with E-state index >= 15 is 0 Å². The van der Waals surface area contributed by atoms with E-state index in [1.807, 2.05) is 41.8 Å². The van der Waals surface area contributed by atoms with Gasteiger partial charge >= 0.3 is 5.97 Å². The van der Waals surface area contributed by atoms with Crippen molar-refractivity contribution < 1.29 is 19.1 Å². The summed E-state index contributed by atoms with van der Waals surface area (Å²) in [5, 5.41) is 3.03. The number of anilines is 1. The number of carbonyl (C=O) groups excluding carboxylic acids is 2. The van der Waals surface area contributed by atoms with Crippen LogP contribution in [-0.4, -0.2) is 36.6 Å². The predicted molar refractivity (Wildman–Crippen MR) is 125 cm³/mol. The third kappa shape index (κ3) is 5.34. The second kappa shape index (κ2) is 10.4. The molecule has 1 amide bonds. The average Bonchev–Trinajstić information content (AvgIpc) is 3.27. The predicted octanol–water partition coefficient (Wildman–Crippen LogP) is 4.86. The maximum atomic E-state index is 12.5. The maximum absolute atomic E-state index is 12.5. The number of carbonyl (C=O) groups is 2. The van der Waals surface area contributed by atoms with Crippen molar-refractivity contribution in [2.45, 2.75) is 32.6 Å². The molecule has 0 fully saturated rings. The van der Waals surface area contributed by atoms with Gasteiger partial charge in [-0.25, -0.2) is 4.98 Å². The maximum Gasteiger partial charge on any atom is 0.326 e. The summed E-state index contributed by atoms with van der Waals surface area (Å²) in [7, 11) is 0. The summed E-state index contributed by atoms with van der Waals surface area (Å²) in [5.74, 6) is -0.0958. The third-order valence-corrected chi connectivity index (χ3v) is 6.09. The number of nitrogens with zero attached hydrogens (tertiary/aromatic N) is 2. The lowest BCUT2D eigenvalue weighted by atomic mass is 10.1. The number of hydrogen-bond donors (Lipinski definition) is 0. The first-order valence-electron chi connectivity index (χ1n) is 10.9. The monoisotopic (exact) mass is 450 g/mol. The molecule has 6 nitrogen and oxygen atoms in total. The summed E-state index contributed by atoms with van der Waals surface area (Å²) in [4.78, 5) is 31.0. The molecule has 0 saturated heterocycles. The van der Waals surface area contributed by atoms with E-state index in [9.17, 15) is 9.59 Å². The molecule has 3 aromatic rings. The molecule has 2 heterocycles. The van der Waals surface area contributed by atoms with Gasteiger partial charge in [0.2, 0.25) is 0 Å². The van der Waals surface area contributed by atoms with Crippen molar-refractivity contribution in [3.05, 3.63) is 64.5 Å². The van der Waals surface area contributed by atoms with E-state index in [4.69, 9.17) is 14.5 Å². The van der Waals surface area contributed by atoms with E-state index in [-0.39, 0.29) is 19.1 Å². The van der Waals surface area contributed by atoms with Gasteiger partial charge in [-0.05, 0) is 30.2 Å². The minimum atomic E-state index is -0.411. The Labute approximate surface area is 191 Å². The molecule has 0 bridgehead atoms. The number of hydrogen-bond acceptors (Lipinski definition) is 6. The van der Waals surface area contributed by atoms with Crippen LogP contribution in [0.5, 0.6) is 5.75 Å². The zero-order valence-electron chi connectivity index (χ0n) is 18.1. The quantitative estimate of drug-likeness (QED) is 0.344. The highest BCUT2D eigenvalue weighted by Gasteiger charge is 2.28. The highest BCUT2D eigenvalue weighted by Crippen LogP contribution is 2.36. The molecule has 0 atom stereocenters. The molecule has 0 N–H and O–H groups in total. The molecule has 0 radical (unpaired) electrons. The van der Waals surface area contributed by atoms with Crippen molar-refractivity contribution in [3.63, 3.8) is 0 Å². The molecule has 1 aliphatic rings. The van der Waals surface area contributed by atoms with Crippen molar-refractivity contribution in [3.8, 4) is 17.0 Å². The van der Waals surface area contributed by atoms with Crippen LogP contribution in [0.4, 0.5) is 5.69 Å². The molecule has 7 heteroatoms. The number of unbranched alkanes of at least 4 members (excludes halogenated alkanes) is 2. The van der Waals surface area contributed by atoms with Gasteiger partial charge in [-0.3, -0.25) is 14.5 Å². The van der Waals surface area contributed by atoms with Crippen molar-refractivity contribution in [2.75, 3.05) is 24.7 Å². The Hall–Kier alpha value is -3.19. The smallest absolute Gasteiger partial charge is 0.326 e. The van der Waals surface area contributed by atoms with Gasteiger partial charge in [0.25, 0.3) is 5.91 Å². The highest BCUT2D eigenvalue weighted by molar-refractivity contribution is 7.10. The fourth-order valence-corrected chi connectivity index (χ4v) is 4.38. The molecular weight excluding hydrogens is 424 g/mol. The van der Waals surface area contributed by atoms with Crippen molar-refractivity contribution >= 4 is 28.9 Å². The van der Waals surface area contributed by atoms with Crippen LogP contribution in [0, 0.1) is 0 Å². The van der Waals surface area contributed by atoms with Gasteiger partial charge in [-0.15, -0.1) is 11.3 Å². The summed E-state index contributed by atoms with van der Waals surface area (Å²) < 4.78 is 10.9. The lowest BCUT2D eigenvalue weighted by molar-refractivity contribution is -0.143. The minimum absolute atomic E-state index is 0.0899. The van der Waals surface area contributed by atoms with Crippen molar-refractivity contribution in [2.24, 2.45) is 0 Å². The number of thiazole rings is 1. The number of rotatable bonds is 9. The molecule has 0 saturated carbocycles. The summed E-state index contributed by atoms with van der Waals surface area (Å²) in [6, 6.07) is 15.8. The van der Waals surface area contributed by atoms with E-state index < -0.39 is 5.97 Å². The Morgan fingerprint density at radius 2 is 2.03 bits per heavy atom. The minimum Gasteiger partial charge on any atom is -0.482 e. The van der Waals surface area contributed by atoms with Crippen LogP contribution < -0.4 is 9.64 Å². The number of aromatic nitrogens is 1. The molecule has 0 aliphatic carbocycles. The Morgan fingerprint density at radius 3 is 2.84 bits per heavy atom. The van der Waals surface area contributed by atoms with Crippen molar-refractivity contribution in [1.82, 2.24) is 4.98 Å². The molecule has 2 aromatic carbocycles. The van der Waals surface area contributed by atoms with Crippen LogP contribution in [0.3, 0.4) is 0 Å². The van der Waals surface area contributed by atoms with Crippen molar-refractivity contribution in [1.29, 1.82) is 0 Å². The molecular formula is C25H26N2O4S. The van der Waals surface area contributed by atoms with Crippen LogP contribution in [0.2, 0.25) is 0 Å². The van der Waals surface area contributed by atoms with Gasteiger partial charge in [0.15, 0.2) is 6.61 Å². The Balaban J connectivity index is 1.50. The Bertz CT molecular complexity index is 1080. The average molecular weight is 451 g/mol. The van der Waals surface area contributed by atoms with E-state index in [0.29, 0.717) is 18.0 Å². The first-order chi connectivity index (χ1) is 15.6. The van der Waals surface area contributed by atoms with Gasteiger partial charge in [0.05, 0.1) is 23.0 Å². The van der Waals surface area contributed by atoms with Gasteiger partial charge in [-0.2, -0.15) is 0 Å². The van der Waals surface area contributed by atoms with E-state index in [1.165, 1.54) is 10.5 Å². The molecule has 0 spiro atoms. The molecule has 1 aromatic heterocycles. The summed E-state index contributed by atoms with van der Waals surface area (Å²) >= 11 is 1.60. The molecule has 4 rings (SSSR count). The fraction of sp³-hybridized carbons (Fsp3) is 0.320. The topological polar surface area (TPSA) is 68.7 Å². The van der Waals surface area contributed by atoms with Crippen LogP contribution in [0.15, 0.2) is 53.9 Å². The summed E-state index contributed by atoms with van der Waals surface area (Å²) in [6.45, 7) is 2.26. The lowest BCUT2D eigenvalue weighted by Gasteiger charge is -2.29. The summed E-state index contributed by atoms with van der Waals surface area (Å²) in [6.07, 6.45) is 3.67. The van der Waals surface area contributed by atoms with Crippen LogP contribution in [0.1, 0.15) is 36.8 Å². The lowest BCUT2D eigenvalue weighted by Crippen LogP contribution is -2.42. The first-order valence-corrected chi connectivity index (χ1v) is 11.7. The number of esters is 1. The number of ether oxygens (including phenoxy) is 2. The van der Waals surface area contributed by atoms with Crippen LogP contribution in [0.25, 0.3) is 11.3 Å². The van der Waals surface area contributed by atoms with Gasteiger partial charge in [0, 0.05) is 17.4 Å². The molecule has 32 heavy (non-hydrogen) atoms. The van der Waals surface area contributed by atoms with Crippen LogP contribution >= 0.6 is 11.3 Å². The van der Waals surface area contributed by atoms with Gasteiger partial charge in [-0.1, -0.05) is 50.1 Å². The number of fused-ring (bicyclic) bond motifs is 1. The Kier molecular flexibility index (Phi) is 7.17. The van der Waals surface area contributed by atoms with Gasteiger partial charge < -0.3 is 9.47 Å². The summed E-state index contributed by atoms with van der Waals surface area (Å²) in [5.41, 5.74) is 3.49. The third-order valence-electron chi connectivity index (χ3n) is 5.25. The zero-order valence-corrected chi connectivity index (χ0v) is 18.9. The van der Waals surface area contributed by atoms with E-state index in [2.05, 4.69) is 19.1 Å².